The van der Waals surface area contributed by atoms with E-state index in [4.69, 9.17) is 17.3 Å². The molecule has 0 heterocycles. The number of hydrogen-bond donors (Lipinski definition) is 2. The Balaban J connectivity index is 1.79. The number of aryl methyl sites for hydroxylation is 1. The van der Waals surface area contributed by atoms with Crippen LogP contribution in [0.25, 0.3) is 0 Å². The summed E-state index contributed by atoms with van der Waals surface area (Å²) in [6, 6.07) is 3.04. The second kappa shape index (κ2) is 4.61. The van der Waals surface area contributed by atoms with E-state index in [1.165, 1.54) is 18.9 Å². The van der Waals surface area contributed by atoms with Crippen molar-refractivity contribution in [3.05, 3.63) is 22.7 Å². The Bertz CT molecular complexity index is 649. The van der Waals surface area contributed by atoms with Crippen LogP contribution in [0.15, 0.2) is 17.0 Å². The second-order valence-electron chi connectivity index (χ2n) is 6.10. The fourth-order valence-corrected chi connectivity index (χ4v) is 4.48. The molecule has 0 amide bonds. The Morgan fingerprint density at radius 1 is 1.40 bits per heavy atom. The minimum Gasteiger partial charge on any atom is -0.397 e. The van der Waals surface area contributed by atoms with E-state index < -0.39 is 10.0 Å². The highest BCUT2D eigenvalue weighted by Gasteiger charge is 2.53. The number of sulfonamides is 1. The van der Waals surface area contributed by atoms with Crippen LogP contribution >= 0.6 is 11.6 Å². The largest absolute Gasteiger partial charge is 0.397 e. The first-order chi connectivity index (χ1) is 9.34. The van der Waals surface area contributed by atoms with Gasteiger partial charge in [-0.3, -0.25) is 0 Å². The van der Waals surface area contributed by atoms with Gasteiger partial charge in [-0.15, -0.1) is 0 Å². The maximum Gasteiger partial charge on any atom is 0.240 e. The molecule has 2 aliphatic rings. The van der Waals surface area contributed by atoms with Crippen molar-refractivity contribution in [3.8, 4) is 0 Å². The molecule has 110 valence electrons. The summed E-state index contributed by atoms with van der Waals surface area (Å²) in [5.74, 6) is 0.724. The Kier molecular flexibility index (Phi) is 3.27. The molecular weight excluding hydrogens is 296 g/mol. The molecule has 3 rings (SSSR count). The highest BCUT2D eigenvalue weighted by Crippen LogP contribution is 2.60. The Labute approximate surface area is 124 Å². The van der Waals surface area contributed by atoms with Crippen LogP contribution in [0.4, 0.5) is 5.69 Å². The van der Waals surface area contributed by atoms with Crippen LogP contribution in [0.3, 0.4) is 0 Å². The van der Waals surface area contributed by atoms with Crippen molar-refractivity contribution in [2.45, 2.75) is 37.5 Å². The Morgan fingerprint density at radius 3 is 2.60 bits per heavy atom. The summed E-state index contributed by atoms with van der Waals surface area (Å²) < 4.78 is 27.6. The highest BCUT2D eigenvalue weighted by atomic mass is 35.5. The molecule has 1 aromatic rings. The third kappa shape index (κ3) is 2.54. The number of nitrogens with one attached hydrogen (secondary N) is 1. The number of halogens is 1. The van der Waals surface area contributed by atoms with Gasteiger partial charge in [0, 0.05) is 6.54 Å². The highest BCUT2D eigenvalue weighted by molar-refractivity contribution is 7.89. The monoisotopic (exact) mass is 314 g/mol. The first-order valence-electron chi connectivity index (χ1n) is 6.89. The molecule has 0 spiro atoms. The molecule has 0 unspecified atom stereocenters. The predicted molar refractivity (Wildman–Crippen MR) is 80.2 cm³/mol. The van der Waals surface area contributed by atoms with Gasteiger partial charge in [-0.2, -0.15) is 0 Å². The van der Waals surface area contributed by atoms with Gasteiger partial charge in [-0.25, -0.2) is 13.1 Å². The zero-order valence-corrected chi connectivity index (χ0v) is 13.0. The van der Waals surface area contributed by atoms with E-state index in [0.717, 1.165) is 18.8 Å². The average molecular weight is 315 g/mol. The van der Waals surface area contributed by atoms with Crippen molar-refractivity contribution >= 4 is 27.3 Å². The minimum atomic E-state index is -3.52. The van der Waals surface area contributed by atoms with Gasteiger partial charge in [-0.05, 0) is 61.6 Å². The maximum atomic E-state index is 12.4. The SMILES string of the molecule is Cc1cc(Cl)c(N)cc1S(=O)(=O)NCC1(C2CC2)CC1. The van der Waals surface area contributed by atoms with E-state index in [9.17, 15) is 8.42 Å². The molecule has 0 bridgehead atoms. The van der Waals surface area contributed by atoms with Crippen LogP contribution in [0.5, 0.6) is 0 Å². The molecule has 20 heavy (non-hydrogen) atoms. The lowest BCUT2D eigenvalue weighted by molar-refractivity contribution is 0.432. The van der Waals surface area contributed by atoms with Crippen molar-refractivity contribution in [1.29, 1.82) is 0 Å². The van der Waals surface area contributed by atoms with Gasteiger partial charge < -0.3 is 5.73 Å². The van der Waals surface area contributed by atoms with Crippen LogP contribution in [-0.2, 0) is 10.0 Å². The molecule has 0 aromatic heterocycles. The van der Waals surface area contributed by atoms with E-state index in [1.54, 1.807) is 13.0 Å². The fourth-order valence-electron chi connectivity index (χ4n) is 2.86. The lowest BCUT2D eigenvalue weighted by Crippen LogP contribution is -2.31. The molecule has 0 aliphatic heterocycles. The van der Waals surface area contributed by atoms with Crippen LogP contribution in [0.2, 0.25) is 5.02 Å². The van der Waals surface area contributed by atoms with E-state index in [-0.39, 0.29) is 10.3 Å². The zero-order valence-electron chi connectivity index (χ0n) is 11.4. The first kappa shape index (κ1) is 14.2. The molecule has 3 N–H and O–H groups in total. The number of hydrogen-bond acceptors (Lipinski definition) is 3. The second-order valence-corrected chi connectivity index (χ2v) is 8.24. The van der Waals surface area contributed by atoms with E-state index in [1.807, 2.05) is 0 Å². The summed E-state index contributed by atoms with van der Waals surface area (Å²) in [5, 5.41) is 0.387. The van der Waals surface area contributed by atoms with Gasteiger partial charge >= 0.3 is 0 Å². The third-order valence-electron chi connectivity index (χ3n) is 4.53. The summed E-state index contributed by atoms with van der Waals surface area (Å²) >= 11 is 5.91. The standard InChI is InChI=1S/C14H19ClN2O2S/c1-9-6-11(15)12(16)7-13(9)20(18,19)17-8-14(4-5-14)10-2-3-10/h6-7,10,17H,2-5,8,16H2,1H3. The van der Waals surface area contributed by atoms with Gasteiger partial charge in [0.15, 0.2) is 0 Å². The van der Waals surface area contributed by atoms with Crippen molar-refractivity contribution in [1.82, 2.24) is 4.72 Å². The van der Waals surface area contributed by atoms with Crippen molar-refractivity contribution in [3.63, 3.8) is 0 Å². The van der Waals surface area contributed by atoms with Crippen LogP contribution in [-0.4, -0.2) is 15.0 Å². The van der Waals surface area contributed by atoms with Gasteiger partial charge in [0.05, 0.1) is 15.6 Å². The summed E-state index contributed by atoms with van der Waals surface area (Å²) in [6.45, 7) is 2.27. The lowest BCUT2D eigenvalue weighted by Gasteiger charge is -2.16. The summed E-state index contributed by atoms with van der Waals surface area (Å²) in [5.41, 5.74) is 6.86. The van der Waals surface area contributed by atoms with Gasteiger partial charge in [0.1, 0.15) is 0 Å². The van der Waals surface area contributed by atoms with Crippen molar-refractivity contribution < 1.29 is 8.42 Å². The zero-order chi connectivity index (χ0) is 14.5. The van der Waals surface area contributed by atoms with Gasteiger partial charge in [0.25, 0.3) is 0 Å². The van der Waals surface area contributed by atoms with E-state index in [0.29, 0.717) is 22.8 Å². The number of nitrogens with two attached hydrogens (primary N) is 1. The molecule has 6 heteroatoms. The van der Waals surface area contributed by atoms with Crippen LogP contribution < -0.4 is 10.5 Å². The Morgan fingerprint density at radius 2 is 2.05 bits per heavy atom. The number of anilines is 1. The number of benzene rings is 1. The fraction of sp³-hybridized carbons (Fsp3) is 0.571. The summed E-state index contributed by atoms with van der Waals surface area (Å²) in [4.78, 5) is 0.228. The molecule has 0 saturated heterocycles. The molecule has 2 aliphatic carbocycles. The summed E-state index contributed by atoms with van der Waals surface area (Å²) in [6.07, 6.45) is 4.77. The Hall–Kier alpha value is -0.780. The summed E-state index contributed by atoms with van der Waals surface area (Å²) in [7, 11) is -3.52. The van der Waals surface area contributed by atoms with Crippen LogP contribution in [0.1, 0.15) is 31.2 Å². The van der Waals surface area contributed by atoms with Gasteiger partial charge in [0.2, 0.25) is 10.0 Å². The van der Waals surface area contributed by atoms with E-state index >= 15 is 0 Å². The van der Waals surface area contributed by atoms with Crippen molar-refractivity contribution in [2.75, 3.05) is 12.3 Å². The number of nitrogen functional groups attached to an aromatic ring is 1. The quantitative estimate of drug-likeness (QED) is 0.821. The smallest absolute Gasteiger partial charge is 0.240 e. The lowest BCUT2D eigenvalue weighted by atomic mass is 10.0. The first-order valence-corrected chi connectivity index (χ1v) is 8.75. The number of rotatable bonds is 5. The molecule has 0 atom stereocenters. The molecule has 2 saturated carbocycles. The minimum absolute atomic E-state index is 0.228. The van der Waals surface area contributed by atoms with Crippen LogP contribution in [0, 0.1) is 18.3 Å². The van der Waals surface area contributed by atoms with E-state index in [2.05, 4.69) is 4.72 Å². The normalized spacial score (nSPS) is 20.9. The third-order valence-corrected chi connectivity index (χ3v) is 6.40. The topological polar surface area (TPSA) is 72.2 Å². The molecule has 0 radical (unpaired) electrons. The van der Waals surface area contributed by atoms with Gasteiger partial charge in [-0.1, -0.05) is 11.6 Å². The average Bonchev–Trinajstić information content (AvgIpc) is 3.24. The molecular formula is C14H19ClN2O2S. The molecule has 1 aromatic carbocycles. The molecule has 4 nitrogen and oxygen atoms in total. The predicted octanol–water partition coefficient (Wildman–Crippen LogP) is 2.70. The van der Waals surface area contributed by atoms with Crippen molar-refractivity contribution in [2.24, 2.45) is 11.3 Å². The molecule has 2 fully saturated rings. The maximum absolute atomic E-state index is 12.4.